The van der Waals surface area contributed by atoms with Gasteiger partial charge in [-0.1, -0.05) is 12.1 Å². The zero-order valence-corrected chi connectivity index (χ0v) is 14.1. The summed E-state index contributed by atoms with van der Waals surface area (Å²) in [5, 5.41) is 6.05. The van der Waals surface area contributed by atoms with Gasteiger partial charge in [-0.2, -0.15) is 5.10 Å². The summed E-state index contributed by atoms with van der Waals surface area (Å²) in [6, 6.07) is 15.3. The fraction of sp³-hybridized carbons (Fsp3) is 0.211. The molecule has 1 atom stereocenters. The van der Waals surface area contributed by atoms with Gasteiger partial charge in [-0.25, -0.2) is 9.99 Å². The van der Waals surface area contributed by atoms with Crippen LogP contribution in [0.2, 0.25) is 0 Å². The number of ether oxygens (including phenoxy) is 1. The van der Waals surface area contributed by atoms with E-state index in [2.05, 4.69) is 15.1 Å². The molecule has 0 saturated heterocycles. The second-order valence-corrected chi connectivity index (χ2v) is 6.00. The van der Waals surface area contributed by atoms with E-state index in [1.165, 1.54) is 11.9 Å². The van der Waals surface area contributed by atoms with E-state index in [0.717, 1.165) is 33.9 Å². The van der Waals surface area contributed by atoms with Gasteiger partial charge in [0.1, 0.15) is 17.6 Å². The Morgan fingerprint density at radius 2 is 1.96 bits per heavy atom. The maximum absolute atomic E-state index is 12.1. The number of nitrogens with one attached hydrogen (secondary N) is 1. The highest BCUT2D eigenvalue weighted by atomic mass is 16.5. The first-order valence-electron chi connectivity index (χ1n) is 8.12. The van der Waals surface area contributed by atoms with Crippen molar-refractivity contribution in [2.24, 2.45) is 5.10 Å². The number of hydrazone groups is 1. The average Bonchev–Trinajstić information content (AvgIpc) is 3.26. The fourth-order valence-electron chi connectivity index (χ4n) is 3.10. The van der Waals surface area contributed by atoms with Gasteiger partial charge in [0, 0.05) is 13.3 Å². The van der Waals surface area contributed by atoms with Gasteiger partial charge in [-0.05, 0) is 42.0 Å². The molecule has 0 fully saturated rings. The molecule has 3 aromatic rings. The first-order chi connectivity index (χ1) is 12.2. The van der Waals surface area contributed by atoms with Crippen LogP contribution < -0.4 is 4.74 Å². The van der Waals surface area contributed by atoms with Gasteiger partial charge in [-0.3, -0.25) is 4.79 Å². The molecular formula is C19H18N4O2. The SMILES string of the molecule is COc1ccc(C2=NN(C(C)=O)C(c3nc4ccccc4[nH]3)C2)cc1. The number of amides is 1. The number of hydrogen-bond donors (Lipinski definition) is 1. The first kappa shape index (κ1) is 15.4. The maximum Gasteiger partial charge on any atom is 0.240 e. The third-order valence-corrected chi connectivity index (χ3v) is 4.38. The van der Waals surface area contributed by atoms with E-state index in [1.54, 1.807) is 7.11 Å². The second-order valence-electron chi connectivity index (χ2n) is 6.00. The van der Waals surface area contributed by atoms with Gasteiger partial charge in [-0.15, -0.1) is 0 Å². The predicted octanol–water partition coefficient (Wildman–Crippen LogP) is 3.27. The van der Waals surface area contributed by atoms with Crippen LogP contribution in [0, 0.1) is 0 Å². The lowest BCUT2D eigenvalue weighted by atomic mass is 10.0. The molecule has 2 heterocycles. The molecule has 0 spiro atoms. The predicted molar refractivity (Wildman–Crippen MR) is 95.5 cm³/mol. The molecule has 0 bridgehead atoms. The van der Waals surface area contributed by atoms with Crippen molar-refractivity contribution in [2.75, 3.05) is 7.11 Å². The highest BCUT2D eigenvalue weighted by Crippen LogP contribution is 2.32. The first-order valence-corrected chi connectivity index (χ1v) is 8.12. The van der Waals surface area contributed by atoms with Crippen LogP contribution in [-0.4, -0.2) is 33.7 Å². The number of imidazole rings is 1. The van der Waals surface area contributed by atoms with Crippen LogP contribution in [0.15, 0.2) is 53.6 Å². The fourth-order valence-corrected chi connectivity index (χ4v) is 3.10. The van der Waals surface area contributed by atoms with Crippen molar-refractivity contribution in [1.29, 1.82) is 0 Å². The van der Waals surface area contributed by atoms with Crippen LogP contribution >= 0.6 is 0 Å². The molecule has 2 aromatic carbocycles. The number of fused-ring (bicyclic) bond motifs is 1. The highest BCUT2D eigenvalue weighted by Gasteiger charge is 2.33. The van der Waals surface area contributed by atoms with E-state index >= 15 is 0 Å². The van der Waals surface area contributed by atoms with Crippen molar-refractivity contribution in [3.05, 3.63) is 59.9 Å². The molecule has 0 radical (unpaired) electrons. The minimum absolute atomic E-state index is 0.103. The third kappa shape index (κ3) is 2.76. The Kier molecular flexibility index (Phi) is 3.72. The monoisotopic (exact) mass is 334 g/mol. The van der Waals surface area contributed by atoms with Crippen LogP contribution in [0.5, 0.6) is 5.75 Å². The minimum Gasteiger partial charge on any atom is -0.497 e. The lowest BCUT2D eigenvalue weighted by Crippen LogP contribution is -2.25. The zero-order chi connectivity index (χ0) is 17.4. The summed E-state index contributed by atoms with van der Waals surface area (Å²) in [6.07, 6.45) is 0.617. The number of aromatic nitrogens is 2. The number of aromatic amines is 1. The van der Waals surface area contributed by atoms with Gasteiger partial charge in [0.05, 0.1) is 23.9 Å². The Bertz CT molecular complexity index is 926. The summed E-state index contributed by atoms with van der Waals surface area (Å²) < 4.78 is 5.20. The van der Waals surface area contributed by atoms with E-state index in [-0.39, 0.29) is 11.9 Å². The largest absolute Gasteiger partial charge is 0.497 e. The number of benzene rings is 2. The maximum atomic E-state index is 12.1. The summed E-state index contributed by atoms with van der Waals surface area (Å²) in [4.78, 5) is 20.0. The number of methoxy groups -OCH3 is 1. The molecule has 1 aliphatic heterocycles. The lowest BCUT2D eigenvalue weighted by Gasteiger charge is -2.17. The number of para-hydroxylation sites is 2. The minimum atomic E-state index is -0.220. The quantitative estimate of drug-likeness (QED) is 0.799. The van der Waals surface area contributed by atoms with E-state index in [0.29, 0.717) is 6.42 Å². The molecule has 1 N–H and O–H groups in total. The number of hydrogen-bond acceptors (Lipinski definition) is 4. The van der Waals surface area contributed by atoms with Crippen molar-refractivity contribution in [3.8, 4) is 5.75 Å². The summed E-state index contributed by atoms with van der Waals surface area (Å²) >= 11 is 0. The Morgan fingerprint density at radius 1 is 1.20 bits per heavy atom. The molecule has 1 amide bonds. The standard InChI is InChI=1S/C19H18N4O2/c1-12(24)23-18(19-20-15-5-3-4-6-16(15)21-19)11-17(22-23)13-7-9-14(25-2)10-8-13/h3-10,18H,11H2,1-2H3,(H,20,21). The summed E-state index contributed by atoms with van der Waals surface area (Å²) in [5.41, 5.74) is 3.69. The van der Waals surface area contributed by atoms with Crippen molar-refractivity contribution in [2.45, 2.75) is 19.4 Å². The molecule has 1 unspecified atom stereocenters. The average molecular weight is 334 g/mol. The molecule has 4 rings (SSSR count). The molecule has 6 nitrogen and oxygen atoms in total. The van der Waals surface area contributed by atoms with Gasteiger partial charge >= 0.3 is 0 Å². The highest BCUT2D eigenvalue weighted by molar-refractivity contribution is 6.03. The smallest absolute Gasteiger partial charge is 0.240 e. The summed E-state index contributed by atoms with van der Waals surface area (Å²) in [5.74, 6) is 1.44. The Labute approximate surface area is 145 Å². The number of rotatable bonds is 3. The van der Waals surface area contributed by atoms with E-state index in [9.17, 15) is 4.79 Å². The van der Waals surface area contributed by atoms with E-state index < -0.39 is 0 Å². The molecule has 1 aromatic heterocycles. The Morgan fingerprint density at radius 3 is 2.64 bits per heavy atom. The van der Waals surface area contributed by atoms with E-state index in [1.807, 2.05) is 48.5 Å². The zero-order valence-electron chi connectivity index (χ0n) is 14.1. The molecule has 126 valence electrons. The summed E-state index contributed by atoms with van der Waals surface area (Å²) in [6.45, 7) is 1.52. The van der Waals surface area contributed by atoms with E-state index in [4.69, 9.17) is 4.74 Å². The van der Waals surface area contributed by atoms with Gasteiger partial charge in [0.2, 0.25) is 5.91 Å². The third-order valence-electron chi connectivity index (χ3n) is 4.38. The molecule has 0 aliphatic carbocycles. The molecule has 25 heavy (non-hydrogen) atoms. The Hall–Kier alpha value is -3.15. The number of carbonyl (C=O) groups excluding carboxylic acids is 1. The lowest BCUT2D eigenvalue weighted by molar-refractivity contribution is -0.130. The van der Waals surface area contributed by atoms with Gasteiger partial charge in [0.25, 0.3) is 0 Å². The van der Waals surface area contributed by atoms with Crippen LogP contribution in [0.25, 0.3) is 11.0 Å². The summed E-state index contributed by atoms with van der Waals surface area (Å²) in [7, 11) is 1.64. The van der Waals surface area contributed by atoms with Crippen LogP contribution in [0.1, 0.15) is 30.8 Å². The topological polar surface area (TPSA) is 70.6 Å². The Balaban J connectivity index is 1.68. The number of carbonyl (C=O) groups is 1. The van der Waals surface area contributed by atoms with Gasteiger partial charge < -0.3 is 9.72 Å². The van der Waals surface area contributed by atoms with Crippen LogP contribution in [0.4, 0.5) is 0 Å². The van der Waals surface area contributed by atoms with Crippen LogP contribution in [0.3, 0.4) is 0 Å². The second kappa shape index (κ2) is 6.05. The van der Waals surface area contributed by atoms with Crippen LogP contribution in [-0.2, 0) is 4.79 Å². The molecule has 0 saturated carbocycles. The number of H-pyrrole nitrogens is 1. The molecule has 1 aliphatic rings. The van der Waals surface area contributed by atoms with Crippen molar-refractivity contribution in [3.63, 3.8) is 0 Å². The normalized spacial score (nSPS) is 17.0. The van der Waals surface area contributed by atoms with Crippen molar-refractivity contribution < 1.29 is 9.53 Å². The van der Waals surface area contributed by atoms with Crippen molar-refractivity contribution >= 4 is 22.7 Å². The van der Waals surface area contributed by atoms with Crippen molar-refractivity contribution in [1.82, 2.24) is 15.0 Å². The molecule has 6 heteroatoms. The number of nitrogens with zero attached hydrogens (tertiary/aromatic N) is 3. The van der Waals surface area contributed by atoms with Gasteiger partial charge in [0.15, 0.2) is 0 Å². The molecular weight excluding hydrogens is 316 g/mol.